The molecular formula is C10H10BrN2O. The smallest absolute Gasteiger partial charge is 0.297 e. The molecule has 0 aliphatic heterocycles. The second-order valence-electron chi connectivity index (χ2n) is 3.32. The van der Waals surface area contributed by atoms with Crippen molar-refractivity contribution in [2.75, 3.05) is 19.0 Å². The van der Waals surface area contributed by atoms with Crippen LogP contribution in [0.4, 0.5) is 6.01 Å². The first-order chi connectivity index (χ1) is 6.58. The van der Waals surface area contributed by atoms with Gasteiger partial charge in [0.1, 0.15) is 5.52 Å². The first-order valence-electron chi connectivity index (χ1n) is 4.17. The maximum absolute atomic E-state index is 5.56. The molecule has 73 valence electrons. The van der Waals surface area contributed by atoms with Crippen molar-refractivity contribution in [1.29, 1.82) is 0 Å². The van der Waals surface area contributed by atoms with Crippen LogP contribution in [0.5, 0.6) is 0 Å². The standard InChI is InChI=1S/C10H10BrN2O/c1-6-4-7(11)9-8(5-6)12-10(14-9)13(2)3/h4-5H,1H2,2-3H3. The SMILES string of the molecule is [CH2]c1cc(Br)c2oc(N(C)C)nc2c1. The zero-order chi connectivity index (χ0) is 10.3. The van der Waals surface area contributed by atoms with E-state index in [1.54, 1.807) is 0 Å². The maximum atomic E-state index is 5.56. The first-order valence-corrected chi connectivity index (χ1v) is 4.96. The Hall–Kier alpha value is -1.03. The van der Waals surface area contributed by atoms with Crippen molar-refractivity contribution >= 4 is 33.0 Å². The Bertz CT molecular complexity index is 476. The maximum Gasteiger partial charge on any atom is 0.297 e. The molecule has 1 heterocycles. The fourth-order valence-electron chi connectivity index (χ4n) is 1.23. The van der Waals surface area contributed by atoms with Gasteiger partial charge in [0.2, 0.25) is 0 Å². The summed E-state index contributed by atoms with van der Waals surface area (Å²) in [6.45, 7) is 3.86. The van der Waals surface area contributed by atoms with Gasteiger partial charge in [-0.15, -0.1) is 0 Å². The number of fused-ring (bicyclic) bond motifs is 1. The summed E-state index contributed by atoms with van der Waals surface area (Å²) in [5.41, 5.74) is 2.51. The van der Waals surface area contributed by atoms with Crippen molar-refractivity contribution in [1.82, 2.24) is 4.98 Å². The van der Waals surface area contributed by atoms with Crippen molar-refractivity contribution in [2.45, 2.75) is 0 Å². The zero-order valence-electron chi connectivity index (χ0n) is 8.04. The molecule has 14 heavy (non-hydrogen) atoms. The van der Waals surface area contributed by atoms with E-state index in [4.69, 9.17) is 4.42 Å². The summed E-state index contributed by atoms with van der Waals surface area (Å²) in [4.78, 5) is 6.15. The van der Waals surface area contributed by atoms with Crippen molar-refractivity contribution in [3.05, 3.63) is 29.1 Å². The minimum Gasteiger partial charge on any atom is -0.422 e. The van der Waals surface area contributed by atoms with E-state index in [0.717, 1.165) is 21.1 Å². The number of aromatic nitrogens is 1. The third-order valence-corrected chi connectivity index (χ3v) is 2.46. The third kappa shape index (κ3) is 1.50. The van der Waals surface area contributed by atoms with Gasteiger partial charge in [-0.25, -0.2) is 0 Å². The molecule has 0 aliphatic carbocycles. The molecule has 0 N–H and O–H groups in total. The van der Waals surface area contributed by atoms with Crippen molar-refractivity contribution in [3.63, 3.8) is 0 Å². The number of halogens is 1. The number of nitrogens with zero attached hydrogens (tertiary/aromatic N) is 2. The summed E-state index contributed by atoms with van der Waals surface area (Å²) in [7, 11) is 3.79. The quantitative estimate of drug-likeness (QED) is 0.783. The predicted octanol–water partition coefficient (Wildman–Crippen LogP) is 2.84. The van der Waals surface area contributed by atoms with Crippen molar-refractivity contribution in [2.24, 2.45) is 0 Å². The van der Waals surface area contributed by atoms with E-state index in [-0.39, 0.29) is 0 Å². The Kier molecular flexibility index (Phi) is 2.23. The van der Waals surface area contributed by atoms with Gasteiger partial charge in [0.05, 0.1) is 4.47 Å². The monoisotopic (exact) mass is 253 g/mol. The van der Waals surface area contributed by atoms with Gasteiger partial charge in [-0.3, -0.25) is 0 Å². The molecule has 0 saturated heterocycles. The van der Waals surface area contributed by atoms with Crippen LogP contribution >= 0.6 is 15.9 Å². The summed E-state index contributed by atoms with van der Waals surface area (Å²) < 4.78 is 6.44. The lowest BCUT2D eigenvalue weighted by Gasteiger charge is -2.03. The van der Waals surface area contributed by atoms with Gasteiger partial charge in [-0.05, 0) is 40.5 Å². The number of oxazole rings is 1. The lowest BCUT2D eigenvalue weighted by atomic mass is 10.2. The second-order valence-corrected chi connectivity index (χ2v) is 4.17. The van der Waals surface area contributed by atoms with Crippen LogP contribution in [-0.2, 0) is 0 Å². The van der Waals surface area contributed by atoms with Crippen LogP contribution < -0.4 is 4.90 Å². The van der Waals surface area contributed by atoms with Gasteiger partial charge >= 0.3 is 0 Å². The second kappa shape index (κ2) is 3.28. The van der Waals surface area contributed by atoms with Crippen LogP contribution in [0, 0.1) is 6.92 Å². The molecule has 1 aromatic carbocycles. The third-order valence-electron chi connectivity index (χ3n) is 1.88. The Morgan fingerprint density at radius 1 is 1.43 bits per heavy atom. The molecular weight excluding hydrogens is 244 g/mol. The Balaban J connectivity index is 2.70. The summed E-state index contributed by atoms with van der Waals surface area (Å²) in [5.74, 6) is 0. The fourth-order valence-corrected chi connectivity index (χ4v) is 1.80. The average Bonchev–Trinajstić information content (AvgIpc) is 2.47. The number of hydrogen-bond donors (Lipinski definition) is 0. The lowest BCUT2D eigenvalue weighted by Crippen LogP contribution is -2.08. The zero-order valence-corrected chi connectivity index (χ0v) is 9.63. The summed E-state index contributed by atoms with van der Waals surface area (Å²) >= 11 is 3.42. The van der Waals surface area contributed by atoms with Crippen molar-refractivity contribution < 1.29 is 4.42 Å². The molecule has 1 radical (unpaired) electrons. The van der Waals surface area contributed by atoms with Gasteiger partial charge < -0.3 is 9.32 Å². The topological polar surface area (TPSA) is 29.3 Å². The van der Waals surface area contributed by atoms with E-state index >= 15 is 0 Å². The van der Waals surface area contributed by atoms with E-state index in [1.165, 1.54) is 0 Å². The number of anilines is 1. The highest BCUT2D eigenvalue weighted by atomic mass is 79.9. The predicted molar refractivity (Wildman–Crippen MR) is 60.5 cm³/mol. The fraction of sp³-hybridized carbons (Fsp3) is 0.200. The Labute approximate surface area is 90.8 Å². The molecule has 2 rings (SSSR count). The van der Waals surface area contributed by atoms with E-state index in [1.807, 2.05) is 31.1 Å². The van der Waals surface area contributed by atoms with Crippen LogP contribution in [0.15, 0.2) is 21.0 Å². The van der Waals surface area contributed by atoms with Crippen LogP contribution in [0.3, 0.4) is 0 Å². The van der Waals surface area contributed by atoms with E-state index in [9.17, 15) is 0 Å². The highest BCUT2D eigenvalue weighted by Crippen LogP contribution is 2.28. The van der Waals surface area contributed by atoms with Crippen molar-refractivity contribution in [3.8, 4) is 0 Å². The molecule has 0 atom stereocenters. The van der Waals surface area contributed by atoms with E-state index in [0.29, 0.717) is 6.01 Å². The Morgan fingerprint density at radius 2 is 2.14 bits per heavy atom. The van der Waals surface area contributed by atoms with Crippen LogP contribution in [0.1, 0.15) is 5.56 Å². The summed E-state index contributed by atoms with van der Waals surface area (Å²) in [6.07, 6.45) is 0. The highest BCUT2D eigenvalue weighted by molar-refractivity contribution is 9.10. The average molecular weight is 254 g/mol. The molecule has 2 aromatic rings. The molecule has 0 unspecified atom stereocenters. The molecule has 4 heteroatoms. The first kappa shape index (κ1) is 9.52. The summed E-state index contributed by atoms with van der Waals surface area (Å²) in [5, 5.41) is 0. The van der Waals surface area contributed by atoms with Gasteiger partial charge in [-0.2, -0.15) is 4.98 Å². The molecule has 0 amide bonds. The number of rotatable bonds is 1. The molecule has 0 spiro atoms. The molecule has 0 saturated carbocycles. The van der Waals surface area contributed by atoms with Gasteiger partial charge in [-0.1, -0.05) is 0 Å². The van der Waals surface area contributed by atoms with Crippen LogP contribution in [-0.4, -0.2) is 19.1 Å². The normalized spacial score (nSPS) is 10.9. The minimum atomic E-state index is 0.603. The van der Waals surface area contributed by atoms with Crippen LogP contribution in [0.25, 0.3) is 11.1 Å². The largest absolute Gasteiger partial charge is 0.422 e. The van der Waals surface area contributed by atoms with E-state index in [2.05, 4.69) is 27.8 Å². The molecule has 3 nitrogen and oxygen atoms in total. The Morgan fingerprint density at radius 3 is 2.79 bits per heavy atom. The minimum absolute atomic E-state index is 0.603. The summed E-state index contributed by atoms with van der Waals surface area (Å²) in [6, 6.07) is 4.41. The van der Waals surface area contributed by atoms with Crippen LogP contribution in [0.2, 0.25) is 0 Å². The highest BCUT2D eigenvalue weighted by Gasteiger charge is 2.10. The number of hydrogen-bond acceptors (Lipinski definition) is 3. The number of benzene rings is 1. The molecule has 0 fully saturated rings. The van der Waals surface area contributed by atoms with Gasteiger partial charge in [0, 0.05) is 14.1 Å². The molecule has 0 bridgehead atoms. The molecule has 1 aromatic heterocycles. The lowest BCUT2D eigenvalue weighted by molar-refractivity contribution is 0.595. The van der Waals surface area contributed by atoms with E-state index < -0.39 is 0 Å². The van der Waals surface area contributed by atoms with Gasteiger partial charge in [0.15, 0.2) is 5.58 Å². The van der Waals surface area contributed by atoms with Gasteiger partial charge in [0.25, 0.3) is 6.01 Å². The molecule has 0 aliphatic rings.